The van der Waals surface area contributed by atoms with Crippen LogP contribution in [0.15, 0.2) is 30.6 Å². The zero-order valence-corrected chi connectivity index (χ0v) is 11.5. The first kappa shape index (κ1) is 13.8. The van der Waals surface area contributed by atoms with E-state index in [4.69, 9.17) is 16.3 Å². The van der Waals surface area contributed by atoms with Gasteiger partial charge in [0, 0.05) is 25.5 Å². The molecule has 0 bridgehead atoms. The molecule has 19 heavy (non-hydrogen) atoms. The molecule has 1 heterocycles. The maximum atomic E-state index is 13.5. The Morgan fingerprint density at radius 2 is 2.32 bits per heavy atom. The molecule has 2 aromatic rings. The van der Waals surface area contributed by atoms with Crippen molar-refractivity contribution in [2.45, 2.75) is 13.0 Å². The summed E-state index contributed by atoms with van der Waals surface area (Å²) in [6.45, 7) is 2.53. The topological polar surface area (TPSA) is 39.1 Å². The number of imidazole rings is 1. The van der Waals surface area contributed by atoms with E-state index >= 15 is 0 Å². The van der Waals surface area contributed by atoms with Gasteiger partial charge in [-0.05, 0) is 25.1 Å². The first-order valence-corrected chi connectivity index (χ1v) is 6.24. The van der Waals surface area contributed by atoms with E-state index in [1.807, 2.05) is 6.92 Å². The zero-order chi connectivity index (χ0) is 13.8. The predicted octanol–water partition coefficient (Wildman–Crippen LogP) is 3.11. The van der Waals surface area contributed by atoms with Crippen LogP contribution in [-0.4, -0.2) is 29.3 Å². The van der Waals surface area contributed by atoms with Gasteiger partial charge in [-0.1, -0.05) is 11.6 Å². The van der Waals surface area contributed by atoms with E-state index in [0.717, 1.165) is 0 Å². The van der Waals surface area contributed by atoms with E-state index in [1.165, 1.54) is 12.1 Å². The molecular formula is C13H15ClFN3O. The van der Waals surface area contributed by atoms with Crippen molar-refractivity contribution in [3.8, 4) is 5.69 Å². The minimum Gasteiger partial charge on any atom is -0.383 e. The van der Waals surface area contributed by atoms with Crippen molar-refractivity contribution >= 4 is 17.5 Å². The number of halogens is 2. The lowest BCUT2D eigenvalue weighted by Gasteiger charge is -2.15. The van der Waals surface area contributed by atoms with Crippen LogP contribution in [0.1, 0.15) is 6.92 Å². The van der Waals surface area contributed by atoms with E-state index in [9.17, 15) is 4.39 Å². The van der Waals surface area contributed by atoms with E-state index in [2.05, 4.69) is 10.3 Å². The van der Waals surface area contributed by atoms with Crippen LogP contribution in [0, 0.1) is 5.82 Å². The van der Waals surface area contributed by atoms with Crippen LogP contribution in [0.4, 0.5) is 10.3 Å². The van der Waals surface area contributed by atoms with Crippen LogP contribution < -0.4 is 5.32 Å². The molecule has 0 radical (unpaired) electrons. The van der Waals surface area contributed by atoms with Crippen molar-refractivity contribution in [2.24, 2.45) is 0 Å². The standard InChI is InChI=1S/C13H15ClFN3O/c1-9(8-19-2)17-13-16-5-6-18(13)10-3-4-11(14)12(15)7-10/h3-7,9H,8H2,1-2H3,(H,16,17). The number of nitrogens with zero attached hydrogens (tertiary/aromatic N) is 2. The number of rotatable bonds is 5. The summed E-state index contributed by atoms with van der Waals surface area (Å²) in [6.07, 6.45) is 3.40. The van der Waals surface area contributed by atoms with Gasteiger partial charge in [0.2, 0.25) is 5.95 Å². The second kappa shape index (κ2) is 6.04. The summed E-state index contributed by atoms with van der Waals surface area (Å²) >= 11 is 5.68. The number of ether oxygens (including phenoxy) is 1. The maximum Gasteiger partial charge on any atom is 0.207 e. The third-order valence-corrected chi connectivity index (χ3v) is 2.92. The van der Waals surface area contributed by atoms with Gasteiger partial charge in [-0.25, -0.2) is 9.37 Å². The molecule has 0 aliphatic rings. The Hall–Kier alpha value is -1.59. The third-order valence-electron chi connectivity index (χ3n) is 2.61. The fraction of sp³-hybridized carbons (Fsp3) is 0.308. The number of methoxy groups -OCH3 is 1. The summed E-state index contributed by atoms with van der Waals surface area (Å²) in [5.74, 6) is 0.176. The van der Waals surface area contributed by atoms with Gasteiger partial charge in [0.15, 0.2) is 0 Å². The molecule has 1 N–H and O–H groups in total. The molecular weight excluding hydrogens is 269 g/mol. The van der Waals surface area contributed by atoms with Crippen molar-refractivity contribution < 1.29 is 9.13 Å². The van der Waals surface area contributed by atoms with Gasteiger partial charge < -0.3 is 10.1 Å². The summed E-state index contributed by atoms with van der Waals surface area (Å²) in [4.78, 5) is 4.21. The number of benzene rings is 1. The summed E-state index contributed by atoms with van der Waals surface area (Å²) in [5.41, 5.74) is 0.659. The van der Waals surface area contributed by atoms with Gasteiger partial charge in [0.05, 0.1) is 17.3 Å². The number of hydrogen-bond donors (Lipinski definition) is 1. The Labute approximate surface area is 116 Å². The highest BCUT2D eigenvalue weighted by Gasteiger charge is 2.10. The Kier molecular flexibility index (Phi) is 4.39. The molecule has 0 aliphatic heterocycles. The van der Waals surface area contributed by atoms with E-state index in [1.54, 1.807) is 30.1 Å². The van der Waals surface area contributed by atoms with E-state index in [0.29, 0.717) is 18.2 Å². The lowest BCUT2D eigenvalue weighted by Crippen LogP contribution is -2.22. The molecule has 0 amide bonds. The molecule has 0 fully saturated rings. The average Bonchev–Trinajstić information content (AvgIpc) is 2.81. The van der Waals surface area contributed by atoms with Crippen LogP contribution in [-0.2, 0) is 4.74 Å². The highest BCUT2D eigenvalue weighted by Crippen LogP contribution is 2.21. The normalized spacial score (nSPS) is 12.4. The molecule has 6 heteroatoms. The van der Waals surface area contributed by atoms with E-state index < -0.39 is 5.82 Å². The van der Waals surface area contributed by atoms with Crippen molar-refractivity contribution in [1.82, 2.24) is 9.55 Å². The van der Waals surface area contributed by atoms with Gasteiger partial charge in [-0.3, -0.25) is 4.57 Å². The zero-order valence-electron chi connectivity index (χ0n) is 10.7. The molecule has 102 valence electrons. The maximum absolute atomic E-state index is 13.5. The molecule has 0 aliphatic carbocycles. The van der Waals surface area contributed by atoms with Gasteiger partial charge >= 0.3 is 0 Å². The van der Waals surface area contributed by atoms with Crippen molar-refractivity contribution in [2.75, 3.05) is 19.0 Å². The summed E-state index contributed by atoms with van der Waals surface area (Å²) in [5, 5.41) is 3.30. The molecule has 1 atom stereocenters. The number of aromatic nitrogens is 2. The van der Waals surface area contributed by atoms with Crippen LogP contribution in [0.25, 0.3) is 5.69 Å². The van der Waals surface area contributed by atoms with Crippen molar-refractivity contribution in [1.29, 1.82) is 0 Å². The van der Waals surface area contributed by atoms with Gasteiger partial charge in [-0.15, -0.1) is 0 Å². The number of hydrogen-bond acceptors (Lipinski definition) is 3. The monoisotopic (exact) mass is 283 g/mol. The highest BCUT2D eigenvalue weighted by atomic mass is 35.5. The van der Waals surface area contributed by atoms with Gasteiger partial charge in [-0.2, -0.15) is 0 Å². The predicted molar refractivity (Wildman–Crippen MR) is 73.5 cm³/mol. The summed E-state index contributed by atoms with van der Waals surface area (Å²) < 4.78 is 20.3. The second-order valence-electron chi connectivity index (χ2n) is 4.22. The first-order valence-electron chi connectivity index (χ1n) is 5.86. The van der Waals surface area contributed by atoms with Gasteiger partial charge in [0.1, 0.15) is 5.82 Å². The van der Waals surface area contributed by atoms with Gasteiger partial charge in [0.25, 0.3) is 0 Å². The minimum atomic E-state index is -0.455. The van der Waals surface area contributed by atoms with E-state index in [-0.39, 0.29) is 11.1 Å². The average molecular weight is 284 g/mol. The largest absolute Gasteiger partial charge is 0.383 e. The second-order valence-corrected chi connectivity index (χ2v) is 4.63. The molecule has 2 rings (SSSR count). The number of anilines is 1. The van der Waals surface area contributed by atoms with Crippen LogP contribution in [0.5, 0.6) is 0 Å². The summed E-state index contributed by atoms with van der Waals surface area (Å²) in [6, 6.07) is 4.73. The number of nitrogens with one attached hydrogen (secondary N) is 1. The van der Waals surface area contributed by atoms with Crippen LogP contribution >= 0.6 is 11.6 Å². The molecule has 1 unspecified atom stereocenters. The molecule has 0 spiro atoms. The summed E-state index contributed by atoms with van der Waals surface area (Å²) in [7, 11) is 1.64. The smallest absolute Gasteiger partial charge is 0.207 e. The Balaban J connectivity index is 2.25. The molecule has 1 aromatic carbocycles. The Morgan fingerprint density at radius 3 is 3.00 bits per heavy atom. The molecule has 0 saturated carbocycles. The Morgan fingerprint density at radius 1 is 1.53 bits per heavy atom. The fourth-order valence-corrected chi connectivity index (χ4v) is 1.88. The fourth-order valence-electron chi connectivity index (χ4n) is 1.77. The van der Waals surface area contributed by atoms with Crippen molar-refractivity contribution in [3.63, 3.8) is 0 Å². The molecule has 1 aromatic heterocycles. The third kappa shape index (κ3) is 3.24. The van der Waals surface area contributed by atoms with Crippen molar-refractivity contribution in [3.05, 3.63) is 41.4 Å². The minimum absolute atomic E-state index is 0.100. The van der Waals surface area contributed by atoms with Crippen LogP contribution in [0.2, 0.25) is 5.02 Å². The van der Waals surface area contributed by atoms with Crippen LogP contribution in [0.3, 0.4) is 0 Å². The SMILES string of the molecule is COCC(C)Nc1nccn1-c1ccc(Cl)c(F)c1. The molecule has 4 nitrogen and oxygen atoms in total. The first-order chi connectivity index (χ1) is 9.11. The Bertz CT molecular complexity index is 559. The highest BCUT2D eigenvalue weighted by molar-refractivity contribution is 6.30. The quantitative estimate of drug-likeness (QED) is 0.916. The molecule has 0 saturated heterocycles. The lowest BCUT2D eigenvalue weighted by atomic mass is 10.3. The lowest BCUT2D eigenvalue weighted by molar-refractivity contribution is 0.190.